The van der Waals surface area contributed by atoms with Crippen LogP contribution in [0.25, 0.3) is 10.9 Å². The lowest BCUT2D eigenvalue weighted by molar-refractivity contribution is 0.390. The van der Waals surface area contributed by atoms with Crippen molar-refractivity contribution in [1.82, 2.24) is 20.3 Å². The summed E-state index contributed by atoms with van der Waals surface area (Å²) in [6.45, 7) is 8.12. The first-order valence-electron chi connectivity index (χ1n) is 11.7. The molecule has 2 aromatic heterocycles. The number of nitrogens with zero attached hydrogens (tertiary/aromatic N) is 7. The molecule has 2 aliphatic rings. The highest BCUT2D eigenvalue weighted by atomic mass is 15.3. The van der Waals surface area contributed by atoms with Crippen molar-refractivity contribution in [3.63, 3.8) is 0 Å². The van der Waals surface area contributed by atoms with Crippen molar-refractivity contribution >= 4 is 28.2 Å². The zero-order chi connectivity index (χ0) is 22.8. The van der Waals surface area contributed by atoms with E-state index in [0.717, 1.165) is 73.9 Å². The molecular weight excluding hydrogens is 412 g/mol. The van der Waals surface area contributed by atoms with Crippen LogP contribution < -0.4 is 20.0 Å². The molecule has 0 bridgehead atoms. The summed E-state index contributed by atoms with van der Waals surface area (Å²) in [6.07, 6.45) is 6.74. The molecule has 8 nitrogen and oxygen atoms in total. The summed E-state index contributed by atoms with van der Waals surface area (Å²) < 4.78 is 0. The standard InChI is InChI=1S/C25H30N8/c1-18-12-20(31(2)25-29-14-21(15-30-25)32-10-8-27-9-11-32)17-33(16-18)23-6-5-19(13-26)24-22(23)4-3-7-28-24/h3-7,14-15,18,20,27H,8-12,16-17H2,1-2H3/t18-,20+/m0/s1. The minimum atomic E-state index is 0.293. The molecule has 2 saturated heterocycles. The first kappa shape index (κ1) is 21.4. The van der Waals surface area contributed by atoms with E-state index in [1.807, 2.05) is 24.5 Å². The Morgan fingerprint density at radius 1 is 1.06 bits per heavy atom. The van der Waals surface area contributed by atoms with E-state index in [9.17, 15) is 5.26 Å². The second kappa shape index (κ2) is 9.20. The molecule has 1 N–H and O–H groups in total. The van der Waals surface area contributed by atoms with Crippen LogP contribution in [0, 0.1) is 17.2 Å². The highest BCUT2D eigenvalue weighted by Gasteiger charge is 2.30. The van der Waals surface area contributed by atoms with E-state index >= 15 is 0 Å². The van der Waals surface area contributed by atoms with Crippen LogP contribution in [0.1, 0.15) is 18.9 Å². The molecule has 0 saturated carbocycles. The minimum absolute atomic E-state index is 0.293. The Hall–Kier alpha value is -3.44. The highest BCUT2D eigenvalue weighted by molar-refractivity contribution is 5.95. The Morgan fingerprint density at radius 3 is 2.61 bits per heavy atom. The van der Waals surface area contributed by atoms with Gasteiger partial charge in [0.2, 0.25) is 5.95 Å². The van der Waals surface area contributed by atoms with Crippen LogP contribution in [0.4, 0.5) is 17.3 Å². The van der Waals surface area contributed by atoms with Gasteiger partial charge in [0.05, 0.1) is 29.2 Å². The summed E-state index contributed by atoms with van der Waals surface area (Å²) >= 11 is 0. The number of pyridine rings is 1. The van der Waals surface area contributed by atoms with Gasteiger partial charge in [-0.2, -0.15) is 5.26 Å². The van der Waals surface area contributed by atoms with E-state index in [-0.39, 0.29) is 0 Å². The topological polar surface area (TPSA) is 84.2 Å². The quantitative estimate of drug-likeness (QED) is 0.660. The molecule has 2 aliphatic heterocycles. The number of piperidine rings is 1. The normalized spacial score (nSPS) is 21.1. The van der Waals surface area contributed by atoms with E-state index in [0.29, 0.717) is 17.5 Å². The van der Waals surface area contributed by atoms with Crippen molar-refractivity contribution in [2.75, 3.05) is 61.0 Å². The van der Waals surface area contributed by atoms with Crippen molar-refractivity contribution < 1.29 is 0 Å². The SMILES string of the molecule is C[C@H]1C[C@@H](N(C)c2ncc(N3CCNCC3)cn2)CN(c2ccc(C#N)c3ncccc23)C1. The predicted octanol–water partition coefficient (Wildman–Crippen LogP) is 2.66. The number of anilines is 3. The van der Waals surface area contributed by atoms with Crippen LogP contribution in [0.5, 0.6) is 0 Å². The molecule has 4 heterocycles. The first-order chi connectivity index (χ1) is 16.1. The van der Waals surface area contributed by atoms with Crippen LogP contribution in [0.2, 0.25) is 0 Å². The van der Waals surface area contributed by atoms with Gasteiger partial charge in [0.1, 0.15) is 6.07 Å². The molecule has 1 aromatic carbocycles. The lowest BCUT2D eigenvalue weighted by Crippen LogP contribution is -2.50. The van der Waals surface area contributed by atoms with E-state index in [1.165, 1.54) is 0 Å². The maximum atomic E-state index is 9.49. The van der Waals surface area contributed by atoms with Crippen molar-refractivity contribution in [2.45, 2.75) is 19.4 Å². The fraction of sp³-hybridized carbons (Fsp3) is 0.440. The monoisotopic (exact) mass is 442 g/mol. The molecule has 0 amide bonds. The minimum Gasteiger partial charge on any atom is -0.369 e. The summed E-state index contributed by atoms with van der Waals surface area (Å²) in [6, 6.07) is 10.5. The Labute approximate surface area is 194 Å². The van der Waals surface area contributed by atoms with E-state index < -0.39 is 0 Å². The molecule has 0 radical (unpaired) electrons. The van der Waals surface area contributed by atoms with Gasteiger partial charge in [-0.15, -0.1) is 0 Å². The van der Waals surface area contributed by atoms with Gasteiger partial charge in [-0.05, 0) is 36.6 Å². The van der Waals surface area contributed by atoms with Crippen LogP contribution in [0.3, 0.4) is 0 Å². The molecule has 170 valence electrons. The number of aromatic nitrogens is 3. The second-order valence-corrected chi connectivity index (χ2v) is 9.13. The number of nitrogens with one attached hydrogen (secondary N) is 1. The maximum Gasteiger partial charge on any atom is 0.225 e. The largest absolute Gasteiger partial charge is 0.369 e. The number of nitriles is 1. The van der Waals surface area contributed by atoms with Gasteiger partial charge in [-0.3, -0.25) is 4.98 Å². The molecule has 3 aromatic rings. The molecule has 0 unspecified atom stereocenters. The molecule has 33 heavy (non-hydrogen) atoms. The Morgan fingerprint density at radius 2 is 1.85 bits per heavy atom. The zero-order valence-electron chi connectivity index (χ0n) is 19.3. The number of hydrogen-bond donors (Lipinski definition) is 1. The van der Waals surface area contributed by atoms with Gasteiger partial charge >= 0.3 is 0 Å². The van der Waals surface area contributed by atoms with Crippen LogP contribution in [0.15, 0.2) is 42.9 Å². The molecule has 8 heteroatoms. The summed E-state index contributed by atoms with van der Waals surface area (Å²) in [7, 11) is 2.10. The number of hydrogen-bond acceptors (Lipinski definition) is 8. The third-order valence-electron chi connectivity index (χ3n) is 6.82. The van der Waals surface area contributed by atoms with Crippen molar-refractivity contribution in [2.24, 2.45) is 5.92 Å². The third-order valence-corrected chi connectivity index (χ3v) is 6.82. The number of benzene rings is 1. The summed E-state index contributed by atoms with van der Waals surface area (Å²) in [5, 5.41) is 13.9. The van der Waals surface area contributed by atoms with Crippen molar-refractivity contribution in [1.29, 1.82) is 5.26 Å². The molecule has 2 fully saturated rings. The van der Waals surface area contributed by atoms with Crippen LogP contribution >= 0.6 is 0 Å². The molecule has 5 rings (SSSR count). The van der Waals surface area contributed by atoms with Gasteiger partial charge in [0.15, 0.2) is 0 Å². The average Bonchev–Trinajstić information content (AvgIpc) is 2.88. The van der Waals surface area contributed by atoms with E-state index in [2.05, 4.69) is 57.2 Å². The number of piperazine rings is 1. The number of rotatable bonds is 4. The van der Waals surface area contributed by atoms with E-state index in [1.54, 1.807) is 6.20 Å². The Kier molecular flexibility index (Phi) is 5.97. The number of likely N-dealkylation sites (N-methyl/N-ethyl adjacent to an activating group) is 1. The van der Waals surface area contributed by atoms with Gasteiger partial charge in [0.25, 0.3) is 0 Å². The Balaban J connectivity index is 1.37. The van der Waals surface area contributed by atoms with Gasteiger partial charge < -0.3 is 20.0 Å². The molecular formula is C25H30N8. The second-order valence-electron chi connectivity index (χ2n) is 9.13. The maximum absolute atomic E-state index is 9.49. The fourth-order valence-corrected chi connectivity index (χ4v) is 5.07. The first-order valence-corrected chi connectivity index (χ1v) is 11.7. The fourth-order valence-electron chi connectivity index (χ4n) is 5.07. The lowest BCUT2D eigenvalue weighted by atomic mass is 9.94. The third kappa shape index (κ3) is 4.29. The molecule has 0 aliphatic carbocycles. The summed E-state index contributed by atoms with van der Waals surface area (Å²) in [5.41, 5.74) is 3.61. The van der Waals surface area contributed by atoms with Crippen LogP contribution in [-0.4, -0.2) is 67.3 Å². The predicted molar refractivity (Wildman–Crippen MR) is 132 cm³/mol. The molecule has 0 spiro atoms. The average molecular weight is 443 g/mol. The Bertz CT molecular complexity index is 1150. The summed E-state index contributed by atoms with van der Waals surface area (Å²) in [4.78, 5) is 20.9. The highest BCUT2D eigenvalue weighted by Crippen LogP contribution is 2.32. The van der Waals surface area contributed by atoms with Gasteiger partial charge in [-0.1, -0.05) is 6.92 Å². The molecule has 2 atom stereocenters. The van der Waals surface area contributed by atoms with E-state index in [4.69, 9.17) is 9.97 Å². The van der Waals surface area contributed by atoms with Gasteiger partial charge in [-0.25, -0.2) is 9.97 Å². The van der Waals surface area contributed by atoms with Crippen molar-refractivity contribution in [3.8, 4) is 6.07 Å². The summed E-state index contributed by atoms with van der Waals surface area (Å²) in [5.74, 6) is 1.29. The van der Waals surface area contributed by atoms with Crippen LogP contribution in [-0.2, 0) is 0 Å². The number of fused-ring (bicyclic) bond motifs is 1. The van der Waals surface area contributed by atoms with Gasteiger partial charge in [0, 0.05) is 69.6 Å². The lowest BCUT2D eigenvalue weighted by Gasteiger charge is -2.42. The smallest absolute Gasteiger partial charge is 0.225 e. The zero-order valence-corrected chi connectivity index (χ0v) is 19.3. The van der Waals surface area contributed by atoms with Crippen molar-refractivity contribution in [3.05, 3.63) is 48.4 Å².